The van der Waals surface area contributed by atoms with Crippen LogP contribution in [0.2, 0.25) is 0 Å². The summed E-state index contributed by atoms with van der Waals surface area (Å²) in [5, 5.41) is 6.37. The van der Waals surface area contributed by atoms with Crippen LogP contribution in [-0.2, 0) is 9.53 Å². The first-order valence-electron chi connectivity index (χ1n) is 6.91. The molecular weight excluding hydrogens is 216 g/mol. The number of amides is 1. The van der Waals surface area contributed by atoms with E-state index in [-0.39, 0.29) is 5.91 Å². The molecule has 2 fully saturated rings. The molecule has 2 aliphatic heterocycles. The monoisotopic (exact) mass is 240 g/mol. The average Bonchev–Trinajstić information content (AvgIpc) is 2.95. The van der Waals surface area contributed by atoms with E-state index in [1.165, 1.54) is 6.42 Å². The molecule has 2 N–H and O–H groups in total. The van der Waals surface area contributed by atoms with Crippen LogP contribution in [0.25, 0.3) is 0 Å². The maximum absolute atomic E-state index is 11.7. The molecular formula is C13H24N2O2. The molecule has 0 aromatic heterocycles. The first-order chi connectivity index (χ1) is 8.22. The van der Waals surface area contributed by atoms with Gasteiger partial charge in [0.2, 0.25) is 5.91 Å². The fourth-order valence-electron chi connectivity index (χ4n) is 2.85. The molecule has 3 unspecified atom stereocenters. The molecule has 0 aliphatic carbocycles. The van der Waals surface area contributed by atoms with Crippen LogP contribution in [-0.4, -0.2) is 36.7 Å². The molecule has 3 atom stereocenters. The van der Waals surface area contributed by atoms with Gasteiger partial charge in [-0.3, -0.25) is 4.79 Å². The van der Waals surface area contributed by atoms with Gasteiger partial charge in [-0.2, -0.15) is 0 Å². The molecule has 2 bridgehead atoms. The summed E-state index contributed by atoms with van der Waals surface area (Å²) in [6, 6.07) is 0.710. The Morgan fingerprint density at radius 3 is 2.65 bits per heavy atom. The number of ether oxygens (including phenoxy) is 1. The van der Waals surface area contributed by atoms with Gasteiger partial charge in [-0.15, -0.1) is 0 Å². The third-order valence-electron chi connectivity index (χ3n) is 3.98. The highest BCUT2D eigenvalue weighted by atomic mass is 16.5. The Kier molecular flexibility index (Phi) is 4.40. The predicted octanol–water partition coefficient (Wildman–Crippen LogP) is 1.20. The van der Waals surface area contributed by atoms with Crippen molar-refractivity contribution in [3.8, 4) is 0 Å². The van der Waals surface area contributed by atoms with Crippen molar-refractivity contribution in [3.63, 3.8) is 0 Å². The average molecular weight is 240 g/mol. The van der Waals surface area contributed by atoms with Crippen molar-refractivity contribution in [1.82, 2.24) is 10.6 Å². The highest BCUT2D eigenvalue weighted by Gasteiger charge is 2.40. The molecule has 0 spiro atoms. The number of fused-ring (bicyclic) bond motifs is 2. The summed E-state index contributed by atoms with van der Waals surface area (Å²) in [6.07, 6.45) is 6.21. The summed E-state index contributed by atoms with van der Waals surface area (Å²) in [6.45, 7) is 4.63. The summed E-state index contributed by atoms with van der Waals surface area (Å²) in [5.41, 5.74) is 0. The SMILES string of the molecule is CCC(CC)NC(=O)CNC1CC2CCC1O2. The Bertz CT molecular complexity index is 266. The zero-order valence-corrected chi connectivity index (χ0v) is 10.9. The van der Waals surface area contributed by atoms with Crippen LogP contribution < -0.4 is 10.6 Å². The van der Waals surface area contributed by atoms with Gasteiger partial charge in [-0.05, 0) is 32.1 Å². The quantitative estimate of drug-likeness (QED) is 0.733. The second kappa shape index (κ2) is 5.83. The lowest BCUT2D eigenvalue weighted by molar-refractivity contribution is -0.121. The Balaban J connectivity index is 1.66. The van der Waals surface area contributed by atoms with E-state index in [2.05, 4.69) is 24.5 Å². The summed E-state index contributed by atoms with van der Waals surface area (Å²) >= 11 is 0. The van der Waals surface area contributed by atoms with E-state index in [9.17, 15) is 4.79 Å². The molecule has 0 radical (unpaired) electrons. The van der Waals surface area contributed by atoms with Crippen LogP contribution in [0.5, 0.6) is 0 Å². The van der Waals surface area contributed by atoms with Gasteiger partial charge in [0.15, 0.2) is 0 Å². The van der Waals surface area contributed by atoms with Crippen molar-refractivity contribution < 1.29 is 9.53 Å². The lowest BCUT2D eigenvalue weighted by atomic mass is 9.95. The van der Waals surface area contributed by atoms with Crippen molar-refractivity contribution in [1.29, 1.82) is 0 Å². The smallest absolute Gasteiger partial charge is 0.234 e. The molecule has 0 aromatic rings. The van der Waals surface area contributed by atoms with Crippen molar-refractivity contribution in [2.45, 2.75) is 70.2 Å². The molecule has 1 amide bonds. The van der Waals surface area contributed by atoms with Crippen molar-refractivity contribution in [2.75, 3.05) is 6.54 Å². The lowest BCUT2D eigenvalue weighted by Gasteiger charge is -2.21. The maximum Gasteiger partial charge on any atom is 0.234 e. The minimum absolute atomic E-state index is 0.112. The second-order valence-electron chi connectivity index (χ2n) is 5.18. The number of hydrogen-bond acceptors (Lipinski definition) is 3. The van der Waals surface area contributed by atoms with Gasteiger partial charge >= 0.3 is 0 Å². The topological polar surface area (TPSA) is 50.4 Å². The standard InChI is InChI=1S/C13H24N2O2/c1-3-9(4-2)15-13(16)8-14-11-7-10-5-6-12(11)17-10/h9-12,14H,3-8H2,1-2H3,(H,15,16). The summed E-state index contributed by atoms with van der Waals surface area (Å²) in [5.74, 6) is 0.112. The third-order valence-corrected chi connectivity index (χ3v) is 3.98. The first-order valence-corrected chi connectivity index (χ1v) is 6.91. The number of nitrogens with one attached hydrogen (secondary N) is 2. The van der Waals surface area contributed by atoms with E-state index in [1.807, 2.05) is 0 Å². The van der Waals surface area contributed by atoms with Crippen LogP contribution in [0.15, 0.2) is 0 Å². The van der Waals surface area contributed by atoms with E-state index in [1.54, 1.807) is 0 Å². The molecule has 4 heteroatoms. The van der Waals surface area contributed by atoms with E-state index < -0.39 is 0 Å². The normalized spacial score (nSPS) is 31.1. The van der Waals surface area contributed by atoms with Gasteiger partial charge in [0, 0.05) is 12.1 Å². The van der Waals surface area contributed by atoms with Crippen LogP contribution in [0.4, 0.5) is 0 Å². The minimum atomic E-state index is 0.112. The van der Waals surface area contributed by atoms with E-state index in [0.29, 0.717) is 30.8 Å². The van der Waals surface area contributed by atoms with Crippen LogP contribution in [0.3, 0.4) is 0 Å². The molecule has 2 heterocycles. The summed E-state index contributed by atoms with van der Waals surface area (Å²) in [7, 11) is 0. The number of carbonyl (C=O) groups is 1. The van der Waals surface area contributed by atoms with Gasteiger partial charge in [-0.25, -0.2) is 0 Å². The number of hydrogen-bond donors (Lipinski definition) is 2. The van der Waals surface area contributed by atoms with Crippen LogP contribution in [0.1, 0.15) is 46.0 Å². The first kappa shape index (κ1) is 12.8. The number of rotatable bonds is 6. The van der Waals surface area contributed by atoms with Crippen LogP contribution >= 0.6 is 0 Å². The third kappa shape index (κ3) is 3.19. The summed E-state index contributed by atoms with van der Waals surface area (Å²) in [4.78, 5) is 11.7. The molecule has 17 heavy (non-hydrogen) atoms. The van der Waals surface area contributed by atoms with Gasteiger partial charge in [0.25, 0.3) is 0 Å². The van der Waals surface area contributed by atoms with Crippen molar-refractivity contribution in [3.05, 3.63) is 0 Å². The maximum atomic E-state index is 11.7. The zero-order valence-electron chi connectivity index (χ0n) is 10.9. The molecule has 2 saturated heterocycles. The Hall–Kier alpha value is -0.610. The molecule has 4 nitrogen and oxygen atoms in total. The van der Waals surface area contributed by atoms with Crippen LogP contribution in [0, 0.1) is 0 Å². The Labute approximate surface area is 103 Å². The van der Waals surface area contributed by atoms with E-state index in [0.717, 1.165) is 25.7 Å². The Morgan fingerprint density at radius 2 is 2.12 bits per heavy atom. The predicted molar refractivity (Wildman–Crippen MR) is 66.8 cm³/mol. The fraction of sp³-hybridized carbons (Fsp3) is 0.923. The molecule has 2 rings (SSSR count). The molecule has 0 aromatic carbocycles. The minimum Gasteiger partial charge on any atom is -0.373 e. The fourth-order valence-corrected chi connectivity index (χ4v) is 2.85. The molecule has 0 saturated carbocycles. The largest absolute Gasteiger partial charge is 0.373 e. The number of carbonyl (C=O) groups excluding carboxylic acids is 1. The Morgan fingerprint density at radius 1 is 1.35 bits per heavy atom. The van der Waals surface area contributed by atoms with E-state index in [4.69, 9.17) is 4.74 Å². The zero-order chi connectivity index (χ0) is 12.3. The highest BCUT2D eigenvalue weighted by molar-refractivity contribution is 5.78. The van der Waals surface area contributed by atoms with Gasteiger partial charge in [0.1, 0.15) is 0 Å². The van der Waals surface area contributed by atoms with Gasteiger partial charge in [-0.1, -0.05) is 13.8 Å². The van der Waals surface area contributed by atoms with Gasteiger partial charge in [0.05, 0.1) is 18.8 Å². The lowest BCUT2D eigenvalue weighted by Crippen LogP contribution is -2.45. The van der Waals surface area contributed by atoms with E-state index >= 15 is 0 Å². The van der Waals surface area contributed by atoms with Crippen molar-refractivity contribution in [2.24, 2.45) is 0 Å². The summed E-state index contributed by atoms with van der Waals surface area (Å²) < 4.78 is 5.75. The van der Waals surface area contributed by atoms with Gasteiger partial charge < -0.3 is 15.4 Å². The molecule has 98 valence electrons. The molecule has 2 aliphatic rings. The van der Waals surface area contributed by atoms with Crippen molar-refractivity contribution >= 4 is 5.91 Å². The highest BCUT2D eigenvalue weighted by Crippen LogP contribution is 2.34. The second-order valence-corrected chi connectivity index (χ2v) is 5.18.